The molecule has 0 unspecified atom stereocenters. The normalized spacial score (nSPS) is 9.93. The molecule has 0 spiro atoms. The predicted octanol–water partition coefficient (Wildman–Crippen LogP) is -0.487. The molecule has 0 saturated heterocycles. The van der Waals surface area contributed by atoms with Gasteiger partial charge in [-0.15, -0.1) is 0 Å². The van der Waals surface area contributed by atoms with Crippen molar-refractivity contribution in [2.75, 3.05) is 5.43 Å². The number of rotatable bonds is 2. The maximum Gasteiger partial charge on any atom is 0.349 e. The minimum atomic E-state index is -0.517. The third-order valence-corrected chi connectivity index (χ3v) is 1.71. The molecule has 0 fully saturated rings. The number of nitrogen functional groups attached to an aromatic ring is 1. The molecule has 0 amide bonds. The highest BCUT2D eigenvalue weighted by atomic mass is 16.1. The maximum atomic E-state index is 11.1. The topological polar surface area (TPSA) is 110 Å². The Hall–Kier alpha value is -2.28. The Morgan fingerprint density at radius 1 is 1.40 bits per heavy atom. The molecule has 2 heterocycles. The highest BCUT2D eigenvalue weighted by Gasteiger charge is 2.03. The molecular formula is C8H8N6O. The molecule has 0 bridgehead atoms. The lowest BCUT2D eigenvalue weighted by atomic mass is 10.3. The zero-order valence-electron chi connectivity index (χ0n) is 7.64. The Balaban J connectivity index is 2.54. The molecule has 0 aliphatic rings. The molecular weight excluding hydrogens is 196 g/mol. The molecule has 2 aromatic heterocycles. The van der Waals surface area contributed by atoms with Crippen LogP contribution in [0.4, 0.5) is 5.95 Å². The molecule has 0 atom stereocenters. The molecule has 0 aliphatic carbocycles. The molecule has 7 heteroatoms. The molecule has 2 aromatic rings. The van der Waals surface area contributed by atoms with Gasteiger partial charge in [-0.3, -0.25) is 15.4 Å². The number of aromatic nitrogens is 4. The Morgan fingerprint density at radius 3 is 2.93 bits per heavy atom. The van der Waals surface area contributed by atoms with Gasteiger partial charge >= 0.3 is 5.69 Å². The minimum absolute atomic E-state index is 0.0672. The van der Waals surface area contributed by atoms with E-state index in [4.69, 9.17) is 5.84 Å². The molecule has 0 aliphatic heterocycles. The molecule has 2 rings (SSSR count). The van der Waals surface area contributed by atoms with E-state index in [9.17, 15) is 4.79 Å². The number of nitrogens with two attached hydrogens (primary N) is 1. The van der Waals surface area contributed by atoms with Crippen molar-refractivity contribution in [1.82, 2.24) is 19.9 Å². The van der Waals surface area contributed by atoms with Gasteiger partial charge in [-0.05, 0) is 12.1 Å². The summed E-state index contributed by atoms with van der Waals surface area (Å²) < 4.78 is 0. The minimum Gasteiger partial charge on any atom is -0.292 e. The third kappa shape index (κ3) is 1.97. The third-order valence-electron chi connectivity index (χ3n) is 1.71. The number of pyridine rings is 1. The quantitative estimate of drug-likeness (QED) is 0.450. The standard InChI is InChI=1S/C8H8N6O/c9-14-7-11-6(12-8(15)13-7)5-2-1-3-10-4-5/h1-4H,9H2,(H2,11,12,13,14,15). The van der Waals surface area contributed by atoms with Crippen molar-refractivity contribution in [3.05, 3.63) is 35.0 Å². The average Bonchev–Trinajstić information content (AvgIpc) is 2.29. The Labute approximate surface area is 84.4 Å². The second-order valence-electron chi connectivity index (χ2n) is 2.71. The summed E-state index contributed by atoms with van der Waals surface area (Å²) >= 11 is 0. The molecule has 76 valence electrons. The van der Waals surface area contributed by atoms with Gasteiger partial charge in [0, 0.05) is 18.0 Å². The summed E-state index contributed by atoms with van der Waals surface area (Å²) in [6.45, 7) is 0. The number of nitrogens with zero attached hydrogens (tertiary/aromatic N) is 3. The first-order chi connectivity index (χ1) is 7.29. The van der Waals surface area contributed by atoms with Gasteiger partial charge in [-0.1, -0.05) is 0 Å². The zero-order valence-corrected chi connectivity index (χ0v) is 7.64. The fourth-order valence-electron chi connectivity index (χ4n) is 1.09. The number of hydrazine groups is 1. The van der Waals surface area contributed by atoms with Crippen molar-refractivity contribution in [1.29, 1.82) is 0 Å². The Morgan fingerprint density at radius 2 is 2.27 bits per heavy atom. The summed E-state index contributed by atoms with van der Waals surface area (Å²) in [7, 11) is 0. The highest BCUT2D eigenvalue weighted by Crippen LogP contribution is 2.10. The van der Waals surface area contributed by atoms with Gasteiger partial charge in [0.1, 0.15) is 5.82 Å². The van der Waals surface area contributed by atoms with E-state index in [0.29, 0.717) is 11.4 Å². The van der Waals surface area contributed by atoms with Crippen LogP contribution in [0.5, 0.6) is 0 Å². The van der Waals surface area contributed by atoms with Crippen molar-refractivity contribution in [3.63, 3.8) is 0 Å². The van der Waals surface area contributed by atoms with Crippen LogP contribution in [0.1, 0.15) is 0 Å². The van der Waals surface area contributed by atoms with E-state index in [1.807, 2.05) is 0 Å². The lowest BCUT2D eigenvalue weighted by Crippen LogP contribution is -2.19. The monoisotopic (exact) mass is 204 g/mol. The summed E-state index contributed by atoms with van der Waals surface area (Å²) in [6, 6.07) is 3.51. The molecule has 0 saturated carbocycles. The van der Waals surface area contributed by atoms with Gasteiger partial charge in [0.25, 0.3) is 0 Å². The van der Waals surface area contributed by atoms with Crippen LogP contribution in [0, 0.1) is 0 Å². The lowest BCUT2D eigenvalue weighted by molar-refractivity contribution is 0.984. The maximum absolute atomic E-state index is 11.1. The van der Waals surface area contributed by atoms with Gasteiger partial charge in [0.15, 0.2) is 0 Å². The molecule has 0 radical (unpaired) electrons. The smallest absolute Gasteiger partial charge is 0.292 e. The van der Waals surface area contributed by atoms with Crippen molar-refractivity contribution in [2.24, 2.45) is 5.84 Å². The number of anilines is 1. The fraction of sp³-hybridized carbons (Fsp3) is 0. The van der Waals surface area contributed by atoms with Crippen molar-refractivity contribution in [2.45, 2.75) is 0 Å². The van der Waals surface area contributed by atoms with Crippen molar-refractivity contribution >= 4 is 5.95 Å². The van der Waals surface area contributed by atoms with E-state index >= 15 is 0 Å². The van der Waals surface area contributed by atoms with Crippen LogP contribution < -0.4 is 17.0 Å². The summed E-state index contributed by atoms with van der Waals surface area (Å²) in [5.41, 5.74) is 2.39. The molecule has 4 N–H and O–H groups in total. The van der Waals surface area contributed by atoms with E-state index in [1.165, 1.54) is 0 Å². The molecule has 0 aromatic carbocycles. The van der Waals surface area contributed by atoms with Crippen LogP contribution in [0.3, 0.4) is 0 Å². The van der Waals surface area contributed by atoms with Crippen LogP contribution >= 0.6 is 0 Å². The first kappa shape index (κ1) is 9.28. The molecule has 15 heavy (non-hydrogen) atoms. The SMILES string of the molecule is NNc1nc(-c2cccnc2)[nH]c(=O)n1. The first-order valence-electron chi connectivity index (χ1n) is 4.15. The predicted molar refractivity (Wildman–Crippen MR) is 53.7 cm³/mol. The van der Waals surface area contributed by atoms with Crippen LogP contribution in [0.2, 0.25) is 0 Å². The number of hydrogen-bond donors (Lipinski definition) is 3. The van der Waals surface area contributed by atoms with E-state index in [0.717, 1.165) is 0 Å². The van der Waals surface area contributed by atoms with Crippen molar-refractivity contribution in [3.8, 4) is 11.4 Å². The van der Waals surface area contributed by atoms with Crippen molar-refractivity contribution < 1.29 is 0 Å². The summed E-state index contributed by atoms with van der Waals surface area (Å²) in [4.78, 5) is 25.0. The second-order valence-corrected chi connectivity index (χ2v) is 2.71. The van der Waals surface area contributed by atoms with Gasteiger partial charge < -0.3 is 0 Å². The van der Waals surface area contributed by atoms with Crippen LogP contribution in [-0.2, 0) is 0 Å². The van der Waals surface area contributed by atoms with E-state index in [-0.39, 0.29) is 5.95 Å². The van der Waals surface area contributed by atoms with Crippen LogP contribution in [0.15, 0.2) is 29.3 Å². The first-order valence-corrected chi connectivity index (χ1v) is 4.15. The van der Waals surface area contributed by atoms with Crippen LogP contribution in [0.25, 0.3) is 11.4 Å². The summed E-state index contributed by atoms with van der Waals surface area (Å²) in [6.07, 6.45) is 3.21. The second kappa shape index (κ2) is 3.84. The number of nitrogens with one attached hydrogen (secondary N) is 2. The van der Waals surface area contributed by atoms with E-state index in [1.54, 1.807) is 24.5 Å². The lowest BCUT2D eigenvalue weighted by Gasteiger charge is -2.01. The highest BCUT2D eigenvalue weighted by molar-refractivity contribution is 5.53. The summed E-state index contributed by atoms with van der Waals surface area (Å²) in [5, 5.41) is 0. The Bertz CT molecular complexity index is 508. The van der Waals surface area contributed by atoms with Gasteiger partial charge in [-0.25, -0.2) is 10.6 Å². The van der Waals surface area contributed by atoms with Gasteiger partial charge in [0.05, 0.1) is 0 Å². The summed E-state index contributed by atoms with van der Waals surface area (Å²) in [5.74, 6) is 5.56. The Kier molecular flexibility index (Phi) is 2.38. The fourth-order valence-corrected chi connectivity index (χ4v) is 1.09. The largest absolute Gasteiger partial charge is 0.349 e. The van der Waals surface area contributed by atoms with Crippen LogP contribution in [-0.4, -0.2) is 19.9 Å². The molecule has 7 nitrogen and oxygen atoms in total. The van der Waals surface area contributed by atoms with Gasteiger partial charge in [0.2, 0.25) is 5.95 Å². The number of hydrogen-bond acceptors (Lipinski definition) is 6. The number of aromatic amines is 1. The van der Waals surface area contributed by atoms with Gasteiger partial charge in [-0.2, -0.15) is 9.97 Å². The average molecular weight is 204 g/mol. The number of H-pyrrole nitrogens is 1. The van der Waals surface area contributed by atoms with E-state index in [2.05, 4.69) is 25.4 Å². The zero-order chi connectivity index (χ0) is 10.7. The van der Waals surface area contributed by atoms with E-state index < -0.39 is 5.69 Å².